The van der Waals surface area contributed by atoms with E-state index in [0.717, 1.165) is 17.5 Å². The van der Waals surface area contributed by atoms with Crippen LogP contribution in [0.15, 0.2) is 42.5 Å². The first-order valence-electron chi connectivity index (χ1n) is 8.32. The zero-order valence-corrected chi connectivity index (χ0v) is 12.7. The summed E-state index contributed by atoms with van der Waals surface area (Å²) < 4.78 is 0. The van der Waals surface area contributed by atoms with E-state index < -0.39 is 0 Å². The smallest absolute Gasteiger partial charge is 0.239 e. The van der Waals surface area contributed by atoms with Crippen molar-refractivity contribution in [3.8, 4) is 0 Å². The molecular formula is C19H22N2O. The third-order valence-electron chi connectivity index (χ3n) is 4.82. The van der Waals surface area contributed by atoms with Gasteiger partial charge in [0.1, 0.15) is 0 Å². The van der Waals surface area contributed by atoms with E-state index in [1.165, 1.54) is 36.5 Å². The van der Waals surface area contributed by atoms with Gasteiger partial charge in [-0.05, 0) is 49.0 Å². The first kappa shape index (κ1) is 13.6. The highest BCUT2D eigenvalue weighted by Gasteiger charge is 2.42. The molecule has 1 amide bonds. The number of rotatable bonds is 6. The Bertz CT molecular complexity index is 671. The van der Waals surface area contributed by atoms with Crippen LogP contribution >= 0.6 is 0 Å². The van der Waals surface area contributed by atoms with E-state index in [-0.39, 0.29) is 5.91 Å². The maximum atomic E-state index is 12.3. The van der Waals surface area contributed by atoms with Crippen LogP contribution in [-0.2, 0) is 4.79 Å². The van der Waals surface area contributed by atoms with E-state index in [0.29, 0.717) is 12.6 Å². The van der Waals surface area contributed by atoms with E-state index in [9.17, 15) is 4.79 Å². The van der Waals surface area contributed by atoms with Gasteiger partial charge in [0.25, 0.3) is 0 Å². The number of benzene rings is 2. The van der Waals surface area contributed by atoms with Gasteiger partial charge in [-0.25, -0.2) is 0 Å². The fraction of sp³-hybridized carbons (Fsp3) is 0.421. The van der Waals surface area contributed by atoms with Crippen LogP contribution < -0.4 is 10.6 Å². The highest BCUT2D eigenvalue weighted by molar-refractivity contribution is 5.95. The van der Waals surface area contributed by atoms with Gasteiger partial charge in [0, 0.05) is 17.1 Å². The first-order chi connectivity index (χ1) is 10.8. The highest BCUT2D eigenvalue weighted by atomic mass is 16.2. The Balaban J connectivity index is 1.39. The summed E-state index contributed by atoms with van der Waals surface area (Å²) in [6.07, 6.45) is 5.16. The van der Waals surface area contributed by atoms with Gasteiger partial charge in [-0.3, -0.25) is 4.79 Å². The van der Waals surface area contributed by atoms with Crippen LogP contribution in [0, 0.1) is 11.8 Å². The van der Waals surface area contributed by atoms with Gasteiger partial charge in [-0.1, -0.05) is 36.4 Å². The summed E-state index contributed by atoms with van der Waals surface area (Å²) in [5, 5.41) is 8.92. The second-order valence-electron chi connectivity index (χ2n) is 6.65. The maximum Gasteiger partial charge on any atom is 0.239 e. The number of carbonyl (C=O) groups is 1. The average Bonchev–Trinajstić information content (AvgIpc) is 3.43. The molecule has 0 radical (unpaired) electrons. The average molecular weight is 294 g/mol. The Kier molecular flexibility index (Phi) is 3.49. The van der Waals surface area contributed by atoms with Gasteiger partial charge in [0.2, 0.25) is 5.91 Å². The molecule has 0 aromatic heterocycles. The molecule has 114 valence electrons. The molecule has 2 aliphatic carbocycles. The number of amides is 1. The van der Waals surface area contributed by atoms with Crippen molar-refractivity contribution in [2.45, 2.75) is 31.7 Å². The summed E-state index contributed by atoms with van der Waals surface area (Å²) in [6, 6.07) is 14.8. The maximum absolute atomic E-state index is 12.3. The number of fused-ring (bicyclic) bond motifs is 1. The first-order valence-corrected chi connectivity index (χ1v) is 8.32. The van der Waals surface area contributed by atoms with Crippen molar-refractivity contribution in [1.29, 1.82) is 0 Å². The lowest BCUT2D eigenvalue weighted by Crippen LogP contribution is -2.41. The molecule has 2 aromatic carbocycles. The van der Waals surface area contributed by atoms with Crippen molar-refractivity contribution in [1.82, 2.24) is 5.32 Å². The lowest BCUT2D eigenvalue weighted by atomic mass is 10.1. The van der Waals surface area contributed by atoms with Crippen molar-refractivity contribution < 1.29 is 4.79 Å². The predicted octanol–water partition coefficient (Wildman–Crippen LogP) is 3.56. The highest BCUT2D eigenvalue weighted by Crippen LogP contribution is 2.44. The molecule has 2 saturated carbocycles. The van der Waals surface area contributed by atoms with Gasteiger partial charge < -0.3 is 10.6 Å². The van der Waals surface area contributed by atoms with Crippen molar-refractivity contribution in [2.24, 2.45) is 11.8 Å². The molecule has 3 nitrogen and oxygen atoms in total. The number of anilines is 1. The molecule has 0 unspecified atom stereocenters. The minimum Gasteiger partial charge on any atom is -0.376 e. The van der Waals surface area contributed by atoms with Gasteiger partial charge in [-0.2, -0.15) is 0 Å². The fourth-order valence-electron chi connectivity index (χ4n) is 3.32. The number of hydrogen-bond acceptors (Lipinski definition) is 2. The van der Waals surface area contributed by atoms with Gasteiger partial charge in [-0.15, -0.1) is 0 Å². The quantitative estimate of drug-likeness (QED) is 0.855. The fourth-order valence-corrected chi connectivity index (χ4v) is 3.32. The monoisotopic (exact) mass is 294 g/mol. The molecular weight excluding hydrogens is 272 g/mol. The summed E-state index contributed by atoms with van der Waals surface area (Å²) in [5.41, 5.74) is 1.03. The lowest BCUT2D eigenvalue weighted by Gasteiger charge is -2.18. The molecule has 22 heavy (non-hydrogen) atoms. The van der Waals surface area contributed by atoms with E-state index in [1.807, 2.05) is 24.3 Å². The Labute approximate surface area is 131 Å². The summed E-state index contributed by atoms with van der Waals surface area (Å²) >= 11 is 0. The molecule has 0 bridgehead atoms. The van der Waals surface area contributed by atoms with Crippen molar-refractivity contribution in [2.75, 3.05) is 11.9 Å². The Hall–Kier alpha value is -2.03. The Morgan fingerprint density at radius 3 is 2.41 bits per heavy atom. The zero-order chi connectivity index (χ0) is 14.9. The topological polar surface area (TPSA) is 41.1 Å². The minimum atomic E-state index is 0.122. The summed E-state index contributed by atoms with van der Waals surface area (Å²) in [4.78, 5) is 12.3. The van der Waals surface area contributed by atoms with E-state index in [4.69, 9.17) is 0 Å². The van der Waals surface area contributed by atoms with Crippen molar-refractivity contribution in [3.05, 3.63) is 42.5 Å². The van der Waals surface area contributed by atoms with Crippen molar-refractivity contribution >= 4 is 22.4 Å². The molecule has 0 heterocycles. The van der Waals surface area contributed by atoms with Gasteiger partial charge >= 0.3 is 0 Å². The minimum absolute atomic E-state index is 0.122. The molecule has 3 heteroatoms. The van der Waals surface area contributed by atoms with Crippen LogP contribution in [0.25, 0.3) is 10.8 Å². The van der Waals surface area contributed by atoms with Gasteiger partial charge in [0.15, 0.2) is 0 Å². The van der Waals surface area contributed by atoms with Crippen LogP contribution in [-0.4, -0.2) is 18.5 Å². The largest absolute Gasteiger partial charge is 0.376 e. The Morgan fingerprint density at radius 1 is 1.00 bits per heavy atom. The van der Waals surface area contributed by atoms with E-state index >= 15 is 0 Å². The molecule has 2 N–H and O–H groups in total. The molecule has 2 aromatic rings. The van der Waals surface area contributed by atoms with Gasteiger partial charge in [0.05, 0.1) is 6.54 Å². The molecule has 0 atom stereocenters. The van der Waals surface area contributed by atoms with Crippen molar-refractivity contribution in [3.63, 3.8) is 0 Å². The van der Waals surface area contributed by atoms with Crippen LogP contribution in [0.3, 0.4) is 0 Å². The Morgan fingerprint density at radius 2 is 1.68 bits per heavy atom. The summed E-state index contributed by atoms with van der Waals surface area (Å²) in [6.45, 7) is 0.351. The molecule has 2 aliphatic rings. The second-order valence-corrected chi connectivity index (χ2v) is 6.65. The standard InChI is InChI=1S/C19H22N2O/c22-18(21-19(14-8-9-14)15-10-11-15)12-20-17-7-3-5-13-4-1-2-6-16(13)17/h1-7,14-15,19-20H,8-12H2,(H,21,22). The summed E-state index contributed by atoms with van der Waals surface area (Å²) in [7, 11) is 0. The SMILES string of the molecule is O=C(CNc1cccc2ccccc12)NC(C1CC1)C1CC1. The second kappa shape index (κ2) is 5.64. The molecule has 4 rings (SSSR count). The zero-order valence-electron chi connectivity index (χ0n) is 12.7. The normalized spacial score (nSPS) is 17.7. The van der Waals surface area contributed by atoms with Crippen LogP contribution in [0.2, 0.25) is 0 Å². The van der Waals surface area contributed by atoms with Crippen LogP contribution in [0.5, 0.6) is 0 Å². The van der Waals surface area contributed by atoms with Crippen LogP contribution in [0.4, 0.5) is 5.69 Å². The number of hydrogen-bond donors (Lipinski definition) is 2. The lowest BCUT2D eigenvalue weighted by molar-refractivity contribution is -0.120. The molecule has 0 spiro atoms. The number of nitrogens with one attached hydrogen (secondary N) is 2. The van der Waals surface area contributed by atoms with Crippen LogP contribution in [0.1, 0.15) is 25.7 Å². The third kappa shape index (κ3) is 2.94. The predicted molar refractivity (Wildman–Crippen MR) is 89.8 cm³/mol. The molecule has 0 saturated heterocycles. The summed E-state index contributed by atoms with van der Waals surface area (Å²) in [5.74, 6) is 1.61. The molecule has 0 aliphatic heterocycles. The molecule has 2 fully saturated rings. The third-order valence-corrected chi connectivity index (χ3v) is 4.82. The number of carbonyl (C=O) groups excluding carboxylic acids is 1. The van der Waals surface area contributed by atoms with E-state index in [2.05, 4.69) is 28.8 Å². The van der Waals surface area contributed by atoms with E-state index in [1.54, 1.807) is 0 Å².